The molecule has 2 heterocycles. The van der Waals surface area contributed by atoms with Gasteiger partial charge in [-0.15, -0.1) is 0 Å². The lowest BCUT2D eigenvalue weighted by atomic mass is 9.82. The Labute approximate surface area is 164 Å². The van der Waals surface area contributed by atoms with E-state index in [1.165, 1.54) is 14.2 Å². The third kappa shape index (κ3) is 4.04. The van der Waals surface area contributed by atoms with Gasteiger partial charge in [0.15, 0.2) is 0 Å². The molecule has 0 spiro atoms. The highest BCUT2D eigenvalue weighted by atomic mass is 16.5. The van der Waals surface area contributed by atoms with Gasteiger partial charge in [0.05, 0.1) is 44.5 Å². The number of carbonyl (C=O) groups excluding carboxylic acids is 2. The Morgan fingerprint density at radius 1 is 1.07 bits per heavy atom. The van der Waals surface area contributed by atoms with E-state index in [1.807, 2.05) is 18.2 Å². The number of benzene rings is 1. The third-order valence-electron chi connectivity index (χ3n) is 4.96. The predicted octanol–water partition coefficient (Wildman–Crippen LogP) is 2.39. The molecule has 0 aromatic heterocycles. The molecule has 1 atom stereocenters. The monoisotopic (exact) mass is 387 g/mol. The van der Waals surface area contributed by atoms with Crippen LogP contribution in [-0.2, 0) is 23.8 Å². The smallest absolute Gasteiger partial charge is 0.336 e. The van der Waals surface area contributed by atoms with Crippen molar-refractivity contribution in [2.45, 2.75) is 24.9 Å². The van der Waals surface area contributed by atoms with Gasteiger partial charge in [-0.1, -0.05) is 18.2 Å². The summed E-state index contributed by atoms with van der Waals surface area (Å²) in [5.74, 6) is -1.10. The standard InChI is InChI=1S/C21H25NO6/c1-25-18-9-5-4-8-15(18)19-16(20(23)26-2)12-22(11-14-7-6-10-28-14)13-17(19)21(24)27-3/h4-5,8-9,12-14,19H,6-7,10-11H2,1-3H3. The quantitative estimate of drug-likeness (QED) is 0.694. The van der Waals surface area contributed by atoms with Gasteiger partial charge >= 0.3 is 11.9 Å². The van der Waals surface area contributed by atoms with E-state index in [0.29, 0.717) is 29.0 Å². The maximum absolute atomic E-state index is 12.6. The summed E-state index contributed by atoms with van der Waals surface area (Å²) in [6.45, 7) is 1.27. The van der Waals surface area contributed by atoms with Gasteiger partial charge < -0.3 is 23.8 Å². The first-order chi connectivity index (χ1) is 13.6. The molecule has 7 heteroatoms. The fourth-order valence-electron chi connectivity index (χ4n) is 3.66. The highest BCUT2D eigenvalue weighted by Crippen LogP contribution is 2.41. The Morgan fingerprint density at radius 2 is 1.71 bits per heavy atom. The molecule has 0 amide bonds. The second-order valence-electron chi connectivity index (χ2n) is 6.66. The lowest BCUT2D eigenvalue weighted by molar-refractivity contribution is -0.137. The summed E-state index contributed by atoms with van der Waals surface area (Å²) in [7, 11) is 4.19. The molecule has 1 unspecified atom stereocenters. The lowest BCUT2D eigenvalue weighted by Gasteiger charge is -2.31. The Balaban J connectivity index is 2.07. The number of para-hydroxylation sites is 1. The molecule has 3 rings (SSSR count). The number of hydrogen-bond donors (Lipinski definition) is 0. The molecule has 0 bridgehead atoms. The van der Waals surface area contributed by atoms with Crippen LogP contribution in [0.15, 0.2) is 47.8 Å². The van der Waals surface area contributed by atoms with E-state index in [1.54, 1.807) is 30.5 Å². The van der Waals surface area contributed by atoms with Crippen molar-refractivity contribution in [1.29, 1.82) is 0 Å². The van der Waals surface area contributed by atoms with Crippen LogP contribution in [-0.4, -0.2) is 57.4 Å². The molecule has 0 aliphatic carbocycles. The largest absolute Gasteiger partial charge is 0.496 e. The fourth-order valence-corrected chi connectivity index (χ4v) is 3.66. The van der Waals surface area contributed by atoms with Gasteiger partial charge in [-0.3, -0.25) is 0 Å². The summed E-state index contributed by atoms with van der Waals surface area (Å²) in [6, 6.07) is 7.28. The van der Waals surface area contributed by atoms with E-state index < -0.39 is 17.9 Å². The second kappa shape index (κ2) is 8.93. The molecular weight excluding hydrogens is 362 g/mol. The molecule has 1 aromatic rings. The lowest BCUT2D eigenvalue weighted by Crippen LogP contribution is -2.32. The zero-order valence-corrected chi connectivity index (χ0v) is 16.3. The molecule has 0 N–H and O–H groups in total. The van der Waals surface area contributed by atoms with Gasteiger partial charge in [-0.2, -0.15) is 0 Å². The van der Waals surface area contributed by atoms with E-state index in [0.717, 1.165) is 19.4 Å². The zero-order chi connectivity index (χ0) is 20.1. The van der Waals surface area contributed by atoms with Crippen LogP contribution in [0, 0.1) is 0 Å². The van der Waals surface area contributed by atoms with Crippen LogP contribution >= 0.6 is 0 Å². The number of rotatable bonds is 6. The van der Waals surface area contributed by atoms with Gasteiger partial charge in [0.1, 0.15) is 5.75 Å². The zero-order valence-electron chi connectivity index (χ0n) is 16.3. The number of nitrogens with zero attached hydrogens (tertiary/aromatic N) is 1. The van der Waals surface area contributed by atoms with Crippen LogP contribution in [0.4, 0.5) is 0 Å². The van der Waals surface area contributed by atoms with E-state index >= 15 is 0 Å². The summed E-state index contributed by atoms with van der Waals surface area (Å²) < 4.78 is 21.2. The SMILES string of the molecule is COC(=O)C1=CN(CC2CCCO2)C=C(C(=O)OC)C1c1ccccc1OC. The van der Waals surface area contributed by atoms with Gasteiger partial charge in [0.2, 0.25) is 0 Å². The predicted molar refractivity (Wildman–Crippen MR) is 102 cm³/mol. The first kappa shape index (κ1) is 19.9. The number of carbonyl (C=O) groups is 2. The molecule has 1 aromatic carbocycles. The molecule has 0 radical (unpaired) electrons. The van der Waals surface area contributed by atoms with Crippen LogP contribution in [0.25, 0.3) is 0 Å². The minimum atomic E-state index is -0.656. The van der Waals surface area contributed by atoms with Gasteiger partial charge in [0.25, 0.3) is 0 Å². The summed E-state index contributed by atoms with van der Waals surface area (Å²) in [4.78, 5) is 27.0. The van der Waals surface area contributed by atoms with E-state index in [2.05, 4.69) is 0 Å². The average molecular weight is 387 g/mol. The average Bonchev–Trinajstić information content (AvgIpc) is 3.24. The summed E-state index contributed by atoms with van der Waals surface area (Å²) in [5.41, 5.74) is 1.37. The molecule has 28 heavy (non-hydrogen) atoms. The Morgan fingerprint density at radius 3 is 2.25 bits per heavy atom. The highest BCUT2D eigenvalue weighted by molar-refractivity contribution is 5.98. The van der Waals surface area contributed by atoms with E-state index in [9.17, 15) is 9.59 Å². The van der Waals surface area contributed by atoms with Crippen molar-refractivity contribution >= 4 is 11.9 Å². The highest BCUT2D eigenvalue weighted by Gasteiger charge is 2.37. The number of hydrogen-bond acceptors (Lipinski definition) is 7. The van der Waals surface area contributed by atoms with Crippen LogP contribution in [0.3, 0.4) is 0 Å². The molecule has 2 aliphatic heterocycles. The normalized spacial score (nSPS) is 19.7. The summed E-state index contributed by atoms with van der Waals surface area (Å²) in [5, 5.41) is 0. The molecule has 1 fully saturated rings. The van der Waals surface area contributed by atoms with Crippen molar-refractivity contribution in [3.63, 3.8) is 0 Å². The number of methoxy groups -OCH3 is 3. The van der Waals surface area contributed by atoms with Gasteiger partial charge in [-0.05, 0) is 18.9 Å². The van der Waals surface area contributed by atoms with E-state index in [4.69, 9.17) is 18.9 Å². The first-order valence-corrected chi connectivity index (χ1v) is 9.19. The number of ether oxygens (including phenoxy) is 4. The van der Waals surface area contributed by atoms with Crippen molar-refractivity contribution in [3.05, 3.63) is 53.4 Å². The maximum Gasteiger partial charge on any atom is 0.336 e. The first-order valence-electron chi connectivity index (χ1n) is 9.19. The molecule has 2 aliphatic rings. The van der Waals surface area contributed by atoms with Gasteiger partial charge in [0, 0.05) is 31.1 Å². The minimum absolute atomic E-state index is 0.0492. The van der Waals surface area contributed by atoms with Crippen molar-refractivity contribution in [2.75, 3.05) is 34.5 Å². The van der Waals surface area contributed by atoms with E-state index in [-0.39, 0.29) is 6.10 Å². The van der Waals surface area contributed by atoms with Crippen LogP contribution in [0.5, 0.6) is 5.75 Å². The van der Waals surface area contributed by atoms with Crippen molar-refractivity contribution in [1.82, 2.24) is 4.90 Å². The Kier molecular flexibility index (Phi) is 6.36. The van der Waals surface area contributed by atoms with Crippen LogP contribution < -0.4 is 4.74 Å². The number of esters is 2. The molecule has 0 saturated carbocycles. The third-order valence-corrected chi connectivity index (χ3v) is 4.96. The fraction of sp³-hybridized carbons (Fsp3) is 0.429. The van der Waals surface area contributed by atoms with Crippen LogP contribution in [0.1, 0.15) is 24.3 Å². The molecular formula is C21H25NO6. The van der Waals surface area contributed by atoms with Crippen molar-refractivity contribution in [2.24, 2.45) is 0 Å². The summed E-state index contributed by atoms with van der Waals surface area (Å²) in [6.07, 6.45) is 5.43. The van der Waals surface area contributed by atoms with Gasteiger partial charge in [-0.25, -0.2) is 9.59 Å². The van der Waals surface area contributed by atoms with Crippen LogP contribution in [0.2, 0.25) is 0 Å². The molecule has 7 nitrogen and oxygen atoms in total. The van der Waals surface area contributed by atoms with Crippen molar-refractivity contribution in [3.8, 4) is 5.75 Å². The topological polar surface area (TPSA) is 74.3 Å². The summed E-state index contributed by atoms with van der Waals surface area (Å²) >= 11 is 0. The second-order valence-corrected chi connectivity index (χ2v) is 6.66. The molecule has 1 saturated heterocycles. The Hall–Kier alpha value is -2.80. The molecule has 150 valence electrons. The maximum atomic E-state index is 12.6. The minimum Gasteiger partial charge on any atom is -0.496 e. The Bertz CT molecular complexity index is 760. The van der Waals surface area contributed by atoms with Crippen molar-refractivity contribution < 1.29 is 28.5 Å².